The van der Waals surface area contributed by atoms with E-state index in [4.69, 9.17) is 9.47 Å². The number of aromatic nitrogens is 1. The molecule has 2 atom stereocenters. The van der Waals surface area contributed by atoms with Gasteiger partial charge in [0.1, 0.15) is 0 Å². The van der Waals surface area contributed by atoms with Crippen LogP contribution in [-0.4, -0.2) is 31.3 Å². The molecule has 1 saturated heterocycles. The average Bonchev–Trinajstić information content (AvgIpc) is 2.76. The van der Waals surface area contributed by atoms with Crippen molar-refractivity contribution in [2.24, 2.45) is 5.92 Å². The lowest BCUT2D eigenvalue weighted by Crippen LogP contribution is -2.26. The molecule has 0 spiro atoms. The van der Waals surface area contributed by atoms with Crippen LogP contribution in [0.1, 0.15) is 19.0 Å². The van der Waals surface area contributed by atoms with Crippen molar-refractivity contribution in [2.75, 3.05) is 20.3 Å². The number of nitrogens with zero attached hydrogens (tertiary/aromatic N) is 1. The highest BCUT2D eigenvalue weighted by Crippen LogP contribution is 2.19. The normalized spacial score (nSPS) is 23.9. The Morgan fingerprint density at radius 2 is 2.41 bits per heavy atom. The van der Waals surface area contributed by atoms with Crippen LogP contribution in [0.5, 0.6) is 5.88 Å². The number of pyridine rings is 1. The number of ether oxygens (including phenoxy) is 2. The van der Waals surface area contributed by atoms with E-state index >= 15 is 0 Å². The molecule has 94 valence electrons. The van der Waals surface area contributed by atoms with Crippen LogP contribution in [0.25, 0.3) is 0 Å². The third-order valence-corrected chi connectivity index (χ3v) is 3.24. The predicted molar refractivity (Wildman–Crippen MR) is 66.0 cm³/mol. The Labute approximate surface area is 102 Å². The van der Waals surface area contributed by atoms with E-state index in [1.165, 1.54) is 0 Å². The van der Waals surface area contributed by atoms with Gasteiger partial charge in [0.2, 0.25) is 5.88 Å². The van der Waals surface area contributed by atoms with Gasteiger partial charge in [-0.05, 0) is 25.3 Å². The molecule has 4 heteroatoms. The molecule has 0 aromatic carbocycles. The maximum absolute atomic E-state index is 5.53. The van der Waals surface area contributed by atoms with Crippen molar-refractivity contribution in [2.45, 2.75) is 26.0 Å². The summed E-state index contributed by atoms with van der Waals surface area (Å²) >= 11 is 0. The summed E-state index contributed by atoms with van der Waals surface area (Å²) in [6.45, 7) is 4.80. The van der Waals surface area contributed by atoms with Crippen molar-refractivity contribution >= 4 is 0 Å². The Balaban J connectivity index is 1.77. The van der Waals surface area contributed by atoms with Crippen molar-refractivity contribution in [3.05, 3.63) is 23.9 Å². The van der Waals surface area contributed by atoms with Gasteiger partial charge in [0.25, 0.3) is 0 Å². The second-order valence-corrected chi connectivity index (χ2v) is 4.43. The molecule has 2 heterocycles. The molecule has 1 fully saturated rings. The van der Waals surface area contributed by atoms with E-state index in [1.54, 1.807) is 7.11 Å². The summed E-state index contributed by atoms with van der Waals surface area (Å²) in [6.07, 6.45) is 1.53. The molecule has 1 aromatic rings. The topological polar surface area (TPSA) is 43.4 Å². The second-order valence-electron chi connectivity index (χ2n) is 4.43. The maximum Gasteiger partial charge on any atom is 0.213 e. The van der Waals surface area contributed by atoms with E-state index in [1.807, 2.05) is 18.2 Å². The lowest BCUT2D eigenvalue weighted by Gasteiger charge is -2.14. The fourth-order valence-corrected chi connectivity index (χ4v) is 2.10. The Morgan fingerprint density at radius 3 is 3.12 bits per heavy atom. The van der Waals surface area contributed by atoms with Crippen molar-refractivity contribution in [1.82, 2.24) is 10.3 Å². The quantitative estimate of drug-likeness (QED) is 0.843. The lowest BCUT2D eigenvalue weighted by molar-refractivity contribution is 0.105. The summed E-state index contributed by atoms with van der Waals surface area (Å²) in [5, 5.41) is 3.43. The predicted octanol–water partition coefficient (Wildman–Crippen LogP) is 1.60. The average molecular weight is 236 g/mol. The Morgan fingerprint density at radius 1 is 1.53 bits per heavy atom. The fourth-order valence-electron chi connectivity index (χ4n) is 2.10. The van der Waals surface area contributed by atoms with Gasteiger partial charge >= 0.3 is 0 Å². The minimum absolute atomic E-state index is 0.376. The largest absolute Gasteiger partial charge is 0.481 e. The number of nitrogens with one attached hydrogen (secondary N) is 1. The van der Waals surface area contributed by atoms with Gasteiger partial charge in [0, 0.05) is 25.8 Å². The third-order valence-electron chi connectivity index (χ3n) is 3.24. The number of rotatable bonds is 5. The third kappa shape index (κ3) is 3.41. The number of methoxy groups -OCH3 is 1. The molecule has 0 amide bonds. The minimum atomic E-state index is 0.376. The zero-order valence-corrected chi connectivity index (χ0v) is 10.5. The standard InChI is InChI=1S/C13H20N2O2/c1-10-11(6-7-17-10)8-14-9-12-4-3-5-13(15-12)16-2/h3-5,10-11,14H,6-9H2,1-2H3. The fraction of sp³-hybridized carbons (Fsp3) is 0.615. The molecule has 1 aliphatic heterocycles. The molecule has 1 aromatic heterocycles. The van der Waals surface area contributed by atoms with Crippen LogP contribution in [0.15, 0.2) is 18.2 Å². The summed E-state index contributed by atoms with van der Waals surface area (Å²) in [7, 11) is 1.64. The minimum Gasteiger partial charge on any atom is -0.481 e. The highest BCUT2D eigenvalue weighted by Gasteiger charge is 2.23. The number of hydrogen-bond acceptors (Lipinski definition) is 4. The first-order valence-corrected chi connectivity index (χ1v) is 6.12. The Kier molecular flexibility index (Phi) is 4.34. The summed E-state index contributed by atoms with van der Waals surface area (Å²) in [5.41, 5.74) is 1.01. The number of hydrogen-bond donors (Lipinski definition) is 1. The molecule has 1 aliphatic rings. The first kappa shape index (κ1) is 12.3. The van der Waals surface area contributed by atoms with E-state index < -0.39 is 0 Å². The molecule has 1 N–H and O–H groups in total. The first-order valence-electron chi connectivity index (χ1n) is 6.12. The molecule has 0 bridgehead atoms. The lowest BCUT2D eigenvalue weighted by atomic mass is 10.0. The second kappa shape index (κ2) is 5.98. The molecule has 0 saturated carbocycles. The van der Waals surface area contributed by atoms with Crippen molar-refractivity contribution in [1.29, 1.82) is 0 Å². The molecule has 2 rings (SSSR count). The smallest absolute Gasteiger partial charge is 0.213 e. The zero-order valence-electron chi connectivity index (χ0n) is 10.5. The molecular weight excluding hydrogens is 216 g/mol. The van der Waals surface area contributed by atoms with Gasteiger partial charge in [-0.15, -0.1) is 0 Å². The van der Waals surface area contributed by atoms with Crippen molar-refractivity contribution < 1.29 is 9.47 Å². The van der Waals surface area contributed by atoms with Crippen molar-refractivity contribution in [3.8, 4) is 5.88 Å². The maximum atomic E-state index is 5.53. The van der Waals surface area contributed by atoms with E-state index in [0.717, 1.165) is 31.8 Å². The summed E-state index contributed by atoms with van der Waals surface area (Å²) in [5.74, 6) is 1.29. The van der Waals surface area contributed by atoms with Crippen LogP contribution in [0, 0.1) is 5.92 Å². The van der Waals surface area contributed by atoms with Gasteiger partial charge < -0.3 is 14.8 Å². The van der Waals surface area contributed by atoms with Crippen LogP contribution in [0.3, 0.4) is 0 Å². The molecule has 4 nitrogen and oxygen atoms in total. The SMILES string of the molecule is COc1cccc(CNCC2CCOC2C)n1. The van der Waals surface area contributed by atoms with Crippen LogP contribution in [0.4, 0.5) is 0 Å². The van der Waals surface area contributed by atoms with Crippen LogP contribution in [0.2, 0.25) is 0 Å². The van der Waals surface area contributed by atoms with Crippen LogP contribution in [-0.2, 0) is 11.3 Å². The highest BCUT2D eigenvalue weighted by atomic mass is 16.5. The van der Waals surface area contributed by atoms with E-state index in [2.05, 4.69) is 17.2 Å². The molecular formula is C13H20N2O2. The van der Waals surface area contributed by atoms with Gasteiger partial charge in [0.15, 0.2) is 0 Å². The molecule has 0 aliphatic carbocycles. The van der Waals surface area contributed by atoms with E-state index in [0.29, 0.717) is 17.9 Å². The van der Waals surface area contributed by atoms with Gasteiger partial charge in [0.05, 0.1) is 18.9 Å². The van der Waals surface area contributed by atoms with Crippen LogP contribution >= 0.6 is 0 Å². The van der Waals surface area contributed by atoms with Crippen LogP contribution < -0.4 is 10.1 Å². The molecule has 17 heavy (non-hydrogen) atoms. The molecule has 2 unspecified atom stereocenters. The van der Waals surface area contributed by atoms with Gasteiger partial charge in [-0.1, -0.05) is 6.07 Å². The van der Waals surface area contributed by atoms with E-state index in [9.17, 15) is 0 Å². The van der Waals surface area contributed by atoms with Gasteiger partial charge in [-0.2, -0.15) is 0 Å². The first-order chi connectivity index (χ1) is 8.29. The summed E-state index contributed by atoms with van der Waals surface area (Å²) in [4.78, 5) is 4.36. The van der Waals surface area contributed by atoms with Gasteiger partial charge in [-0.3, -0.25) is 0 Å². The Bertz CT molecular complexity index is 357. The van der Waals surface area contributed by atoms with Gasteiger partial charge in [-0.25, -0.2) is 4.98 Å². The zero-order chi connectivity index (χ0) is 12.1. The summed E-state index contributed by atoms with van der Waals surface area (Å²) in [6, 6.07) is 5.82. The Hall–Kier alpha value is -1.13. The monoisotopic (exact) mass is 236 g/mol. The van der Waals surface area contributed by atoms with E-state index in [-0.39, 0.29) is 0 Å². The summed E-state index contributed by atoms with van der Waals surface area (Å²) < 4.78 is 10.6. The highest BCUT2D eigenvalue weighted by molar-refractivity contribution is 5.15. The molecule has 0 radical (unpaired) electrons. The van der Waals surface area contributed by atoms with Crippen molar-refractivity contribution in [3.63, 3.8) is 0 Å².